The Morgan fingerprint density at radius 2 is 1.67 bits per heavy atom. The first-order chi connectivity index (χ1) is 9.66. The summed E-state index contributed by atoms with van der Waals surface area (Å²) in [6.45, 7) is 0. The molecule has 116 valence electrons. The van der Waals surface area contributed by atoms with E-state index >= 15 is 0 Å². The van der Waals surface area contributed by atoms with Gasteiger partial charge in [-0.3, -0.25) is 14.2 Å². The fraction of sp³-hybridized carbons (Fsp3) is 0.333. The topological polar surface area (TPSA) is 141 Å². The summed E-state index contributed by atoms with van der Waals surface area (Å²) >= 11 is 0. The number of aliphatic carboxylic acids is 2. The van der Waals surface area contributed by atoms with E-state index in [0.717, 1.165) is 0 Å². The molecule has 0 saturated heterocycles. The first-order valence-corrected chi connectivity index (χ1v) is 7.48. The highest BCUT2D eigenvalue weighted by atomic mass is 31.2. The van der Waals surface area contributed by atoms with Crippen molar-refractivity contribution in [2.75, 3.05) is 7.11 Å². The minimum absolute atomic E-state index is 0.318. The zero-order chi connectivity index (χ0) is 16.2. The van der Waals surface area contributed by atoms with E-state index in [0.29, 0.717) is 11.3 Å². The Balaban J connectivity index is 3.08. The molecule has 0 aliphatic carbocycles. The van der Waals surface area contributed by atoms with Gasteiger partial charge in [0.2, 0.25) is 0 Å². The lowest BCUT2D eigenvalue weighted by molar-refractivity contribution is -0.148. The van der Waals surface area contributed by atoms with Crippen molar-refractivity contribution < 1.29 is 38.9 Å². The van der Waals surface area contributed by atoms with Gasteiger partial charge in [-0.25, -0.2) is 0 Å². The van der Waals surface area contributed by atoms with Gasteiger partial charge in [0.15, 0.2) is 5.66 Å². The van der Waals surface area contributed by atoms with E-state index in [1.165, 1.54) is 19.2 Å². The number of methoxy groups -OCH3 is 1. The Morgan fingerprint density at radius 3 is 2.00 bits per heavy atom. The highest BCUT2D eigenvalue weighted by Gasteiger charge is 2.45. The van der Waals surface area contributed by atoms with Crippen LogP contribution in [0.1, 0.15) is 5.56 Å². The number of carbonyl (C=O) groups is 2. The van der Waals surface area contributed by atoms with Crippen molar-refractivity contribution in [1.29, 1.82) is 0 Å². The Morgan fingerprint density at radius 1 is 1.14 bits per heavy atom. The molecular weight excluding hydrogens is 303 g/mol. The molecule has 1 aromatic carbocycles. The predicted molar refractivity (Wildman–Crippen MR) is 71.3 cm³/mol. The Bertz CT molecular complexity index is 561. The molecule has 0 aromatic heterocycles. The molecule has 0 heterocycles. The molecular formula is C12H15O8P. The molecule has 21 heavy (non-hydrogen) atoms. The summed E-state index contributed by atoms with van der Waals surface area (Å²) in [6, 6.07) is 6.10. The molecule has 2 atom stereocenters. The van der Waals surface area contributed by atoms with E-state index < -0.39 is 31.1 Å². The maximum Gasteiger partial charge on any atom is 0.340 e. The van der Waals surface area contributed by atoms with E-state index in [2.05, 4.69) is 0 Å². The lowest BCUT2D eigenvalue weighted by Crippen LogP contribution is -2.36. The number of hydrogen-bond acceptors (Lipinski definition) is 4. The van der Waals surface area contributed by atoms with Crippen molar-refractivity contribution in [1.82, 2.24) is 0 Å². The SMILES string of the molecule is COc1ccc(CC(C(=O)O)C(C(=O)O)P(=O)(O)O)cc1. The smallest absolute Gasteiger partial charge is 0.340 e. The second kappa shape index (κ2) is 6.71. The summed E-state index contributed by atoms with van der Waals surface area (Å²) in [4.78, 5) is 40.3. The molecule has 9 heteroatoms. The lowest BCUT2D eigenvalue weighted by Gasteiger charge is -2.21. The van der Waals surface area contributed by atoms with Gasteiger partial charge in [0, 0.05) is 0 Å². The van der Waals surface area contributed by atoms with Crippen molar-refractivity contribution in [3.63, 3.8) is 0 Å². The van der Waals surface area contributed by atoms with Crippen LogP contribution in [0, 0.1) is 5.92 Å². The van der Waals surface area contributed by atoms with Crippen LogP contribution in [0.25, 0.3) is 0 Å². The quantitative estimate of drug-likeness (QED) is 0.535. The maximum absolute atomic E-state index is 11.2. The van der Waals surface area contributed by atoms with Gasteiger partial charge < -0.3 is 24.7 Å². The van der Waals surface area contributed by atoms with Crippen LogP contribution in [0.5, 0.6) is 5.75 Å². The molecule has 0 fully saturated rings. The third-order valence-electron chi connectivity index (χ3n) is 2.93. The average Bonchev–Trinajstić information content (AvgIpc) is 2.36. The minimum atomic E-state index is -5.10. The summed E-state index contributed by atoms with van der Waals surface area (Å²) in [6.07, 6.45) is -0.318. The highest BCUT2D eigenvalue weighted by molar-refractivity contribution is 7.53. The van der Waals surface area contributed by atoms with Gasteiger partial charge in [-0.2, -0.15) is 0 Å². The lowest BCUT2D eigenvalue weighted by atomic mass is 9.96. The van der Waals surface area contributed by atoms with Crippen molar-refractivity contribution in [2.24, 2.45) is 5.92 Å². The normalized spacial score (nSPS) is 14.2. The van der Waals surface area contributed by atoms with E-state index in [1.54, 1.807) is 12.1 Å². The van der Waals surface area contributed by atoms with Crippen LogP contribution >= 0.6 is 7.60 Å². The molecule has 1 rings (SSSR count). The number of ether oxygens (including phenoxy) is 1. The standard InChI is InChI=1S/C12H15O8P/c1-20-8-4-2-7(3-5-8)6-9(11(13)14)10(12(15)16)21(17,18)19/h2-5,9-10H,6H2,1H3,(H,13,14)(H,15,16)(H2,17,18,19). The monoisotopic (exact) mass is 318 g/mol. The van der Waals surface area contributed by atoms with Crippen LogP contribution in [0.4, 0.5) is 0 Å². The van der Waals surface area contributed by atoms with E-state index in [-0.39, 0.29) is 6.42 Å². The van der Waals surface area contributed by atoms with Gasteiger partial charge in [0.05, 0.1) is 13.0 Å². The number of carboxylic acid groups (broad SMARTS) is 2. The third-order valence-corrected chi connectivity index (χ3v) is 4.23. The molecule has 0 aliphatic heterocycles. The Hall–Kier alpha value is -1.89. The van der Waals surface area contributed by atoms with E-state index in [9.17, 15) is 14.2 Å². The van der Waals surface area contributed by atoms with Gasteiger partial charge in [0.25, 0.3) is 0 Å². The summed E-state index contributed by atoms with van der Waals surface area (Å²) in [5.41, 5.74) is -1.86. The molecule has 0 radical (unpaired) electrons. The Kier molecular flexibility index (Phi) is 5.48. The fourth-order valence-electron chi connectivity index (χ4n) is 1.90. The molecule has 8 nitrogen and oxygen atoms in total. The van der Waals surface area contributed by atoms with Gasteiger partial charge in [-0.1, -0.05) is 12.1 Å². The summed E-state index contributed by atoms with van der Waals surface area (Å²) in [5, 5.41) is 18.0. The second-order valence-corrected chi connectivity index (χ2v) is 6.10. The van der Waals surface area contributed by atoms with Crippen molar-refractivity contribution in [2.45, 2.75) is 12.1 Å². The van der Waals surface area contributed by atoms with Crippen LogP contribution in [0.15, 0.2) is 24.3 Å². The van der Waals surface area contributed by atoms with Gasteiger partial charge >= 0.3 is 19.5 Å². The molecule has 2 unspecified atom stereocenters. The molecule has 0 saturated carbocycles. The van der Waals surface area contributed by atoms with Crippen LogP contribution in [0.2, 0.25) is 0 Å². The molecule has 0 aliphatic rings. The van der Waals surface area contributed by atoms with Crippen LogP contribution in [-0.2, 0) is 20.6 Å². The maximum atomic E-state index is 11.2. The molecule has 0 amide bonds. The minimum Gasteiger partial charge on any atom is -0.497 e. The van der Waals surface area contributed by atoms with Gasteiger partial charge in [-0.15, -0.1) is 0 Å². The Labute approximate surface area is 120 Å². The fourth-order valence-corrected chi connectivity index (χ4v) is 2.89. The predicted octanol–water partition coefficient (Wildman–Crippen LogP) is 0.569. The third kappa shape index (κ3) is 4.56. The number of benzene rings is 1. The van der Waals surface area contributed by atoms with E-state index in [1.807, 2.05) is 0 Å². The zero-order valence-corrected chi connectivity index (χ0v) is 11.9. The average molecular weight is 318 g/mol. The summed E-state index contributed by atoms with van der Waals surface area (Å²) < 4.78 is 16.2. The summed E-state index contributed by atoms with van der Waals surface area (Å²) in [7, 11) is -3.65. The highest BCUT2D eigenvalue weighted by Crippen LogP contribution is 2.46. The van der Waals surface area contributed by atoms with Crippen LogP contribution < -0.4 is 4.74 Å². The molecule has 4 N–H and O–H groups in total. The second-order valence-electron chi connectivity index (χ2n) is 4.37. The number of hydrogen-bond donors (Lipinski definition) is 4. The zero-order valence-electron chi connectivity index (χ0n) is 11.0. The van der Waals surface area contributed by atoms with Crippen LogP contribution in [0.3, 0.4) is 0 Å². The first-order valence-electron chi connectivity index (χ1n) is 5.80. The van der Waals surface area contributed by atoms with Gasteiger partial charge in [0.1, 0.15) is 5.75 Å². The number of carboxylic acids is 2. The largest absolute Gasteiger partial charge is 0.497 e. The van der Waals surface area contributed by atoms with Crippen molar-refractivity contribution >= 4 is 19.5 Å². The van der Waals surface area contributed by atoms with Crippen molar-refractivity contribution in [3.05, 3.63) is 29.8 Å². The van der Waals surface area contributed by atoms with Crippen LogP contribution in [-0.4, -0.2) is 44.7 Å². The van der Waals surface area contributed by atoms with Gasteiger partial charge in [-0.05, 0) is 24.1 Å². The van der Waals surface area contributed by atoms with E-state index in [4.69, 9.17) is 24.7 Å². The first kappa shape index (κ1) is 17.2. The molecule has 0 bridgehead atoms. The molecule has 1 aromatic rings. The number of rotatable bonds is 7. The van der Waals surface area contributed by atoms with Crippen molar-refractivity contribution in [3.8, 4) is 5.75 Å². The summed E-state index contributed by atoms with van der Waals surface area (Å²) in [5.74, 6) is -4.64. The molecule has 0 spiro atoms.